The minimum atomic E-state index is -0.592. The summed E-state index contributed by atoms with van der Waals surface area (Å²) >= 11 is 5.39. The zero-order chi connectivity index (χ0) is 19.8. The number of alkyl halides is 1. The fourth-order valence-corrected chi connectivity index (χ4v) is 2.08. The molecule has 0 atom stereocenters. The molecule has 0 saturated carbocycles. The van der Waals surface area contributed by atoms with Gasteiger partial charge in [0.05, 0.1) is 12.2 Å². The third-order valence-electron chi connectivity index (χ3n) is 3.21. The zero-order valence-corrected chi connectivity index (χ0v) is 14.8. The van der Waals surface area contributed by atoms with E-state index in [2.05, 4.69) is 20.6 Å². The number of rotatable bonds is 7. The van der Waals surface area contributed by atoms with Gasteiger partial charge in [-0.3, -0.25) is 9.59 Å². The van der Waals surface area contributed by atoms with Crippen LogP contribution in [0.1, 0.15) is 16.1 Å². The molecule has 0 fully saturated rings. The normalized spacial score (nSPS) is 10.6. The number of nitrogen functional groups attached to an aromatic ring is 1. The summed E-state index contributed by atoms with van der Waals surface area (Å²) in [5.41, 5.74) is 6.18. The van der Waals surface area contributed by atoms with E-state index in [1.807, 2.05) is 0 Å². The Kier molecular flexibility index (Phi) is 7.03. The van der Waals surface area contributed by atoms with Crippen LogP contribution < -0.4 is 22.2 Å². The van der Waals surface area contributed by atoms with Gasteiger partial charge in [-0.15, -0.1) is 11.6 Å². The van der Waals surface area contributed by atoms with Crippen LogP contribution in [-0.4, -0.2) is 32.7 Å². The monoisotopic (exact) mass is 393 g/mol. The molecule has 0 spiro atoms. The lowest BCUT2D eigenvalue weighted by Gasteiger charge is -2.15. The van der Waals surface area contributed by atoms with E-state index in [1.165, 1.54) is 48.0 Å². The first-order valence-electron chi connectivity index (χ1n) is 7.60. The van der Waals surface area contributed by atoms with Crippen LogP contribution in [0.15, 0.2) is 43.0 Å². The van der Waals surface area contributed by atoms with Gasteiger partial charge in [-0.25, -0.2) is 20.2 Å². The number of nitrogens with one attached hydrogen (secondary N) is 2. The number of halogens is 2. The van der Waals surface area contributed by atoms with Crippen LogP contribution in [0.4, 0.5) is 15.9 Å². The molecule has 0 aliphatic rings. The molecule has 11 heteroatoms. The molecule has 2 aromatic rings. The lowest BCUT2D eigenvalue weighted by atomic mass is 10.2. The van der Waals surface area contributed by atoms with E-state index in [0.717, 1.165) is 0 Å². The van der Waals surface area contributed by atoms with Crippen LogP contribution in [0.2, 0.25) is 0 Å². The number of nitrogens with two attached hydrogens (primary N) is 2. The number of hydrazine groups is 1. The van der Waals surface area contributed by atoms with Crippen molar-refractivity contribution in [3.63, 3.8) is 0 Å². The number of benzene rings is 1. The van der Waals surface area contributed by atoms with E-state index >= 15 is 0 Å². The van der Waals surface area contributed by atoms with Crippen molar-refractivity contribution in [1.82, 2.24) is 20.3 Å². The number of amides is 2. The summed E-state index contributed by atoms with van der Waals surface area (Å²) < 4.78 is 13.7. The number of hydrogen-bond donors (Lipinski definition) is 4. The molecular weight excluding hydrogens is 377 g/mol. The lowest BCUT2D eigenvalue weighted by molar-refractivity contribution is -0.113. The fraction of sp³-hybridized carbons (Fsp3) is 0.125. The molecule has 0 aliphatic carbocycles. The third-order valence-corrected chi connectivity index (χ3v) is 3.46. The molecule has 6 N–H and O–H groups in total. The maximum absolute atomic E-state index is 13.7. The van der Waals surface area contributed by atoms with E-state index in [1.54, 1.807) is 0 Å². The predicted molar refractivity (Wildman–Crippen MR) is 98.5 cm³/mol. The molecule has 0 radical (unpaired) electrons. The van der Waals surface area contributed by atoms with Crippen molar-refractivity contribution in [1.29, 1.82) is 0 Å². The molecule has 2 rings (SSSR count). The van der Waals surface area contributed by atoms with Crippen molar-refractivity contribution in [2.75, 3.05) is 16.9 Å². The van der Waals surface area contributed by atoms with Gasteiger partial charge in [0.1, 0.15) is 11.7 Å². The first-order chi connectivity index (χ1) is 12.9. The van der Waals surface area contributed by atoms with E-state index in [4.69, 9.17) is 23.2 Å². The largest absolute Gasteiger partial charge is 0.382 e. The molecule has 0 bridgehead atoms. The average Bonchev–Trinajstić information content (AvgIpc) is 2.64. The zero-order valence-electron chi connectivity index (χ0n) is 14.0. The summed E-state index contributed by atoms with van der Waals surface area (Å²) in [7, 11) is 0. The van der Waals surface area contributed by atoms with Gasteiger partial charge < -0.3 is 21.4 Å². The molecule has 1 heterocycles. The molecule has 0 unspecified atom stereocenters. The first kappa shape index (κ1) is 20.1. The first-order valence-corrected chi connectivity index (χ1v) is 8.13. The highest BCUT2D eigenvalue weighted by Crippen LogP contribution is 2.17. The molecule has 2 amide bonds. The number of carbonyl (C=O) groups excluding carboxylic acids is 2. The summed E-state index contributed by atoms with van der Waals surface area (Å²) in [5, 5.41) is 6.06. The average molecular weight is 394 g/mol. The SMILES string of the molecule is Nc1nccnc1C(=O)N/C=C/N(N)Cc1ccc(F)c(NC(=O)CCl)c1. The van der Waals surface area contributed by atoms with Crippen molar-refractivity contribution in [3.05, 3.63) is 60.1 Å². The Balaban J connectivity index is 1.95. The number of nitrogens with zero attached hydrogens (tertiary/aromatic N) is 3. The molecule has 0 saturated heterocycles. The highest BCUT2D eigenvalue weighted by atomic mass is 35.5. The van der Waals surface area contributed by atoms with Crippen molar-refractivity contribution < 1.29 is 14.0 Å². The molecular formula is C16H17ClFN7O2. The highest BCUT2D eigenvalue weighted by molar-refractivity contribution is 6.29. The number of anilines is 2. The standard InChI is InChI=1S/C16H17ClFN7O2/c17-8-13(26)24-12-7-10(1-2-11(12)18)9-25(20)6-5-23-16(27)14-15(19)22-4-3-21-14/h1-7H,8-9,20H2,(H2,19,22)(H,23,27)(H,24,26)/b6-5+. The van der Waals surface area contributed by atoms with Gasteiger partial charge in [0.25, 0.3) is 5.91 Å². The fourth-order valence-electron chi connectivity index (χ4n) is 2.01. The maximum atomic E-state index is 13.7. The van der Waals surface area contributed by atoms with Crippen LogP contribution >= 0.6 is 11.6 Å². The minimum absolute atomic E-state index is 0.00181. The van der Waals surface area contributed by atoms with Gasteiger partial charge >= 0.3 is 0 Å². The summed E-state index contributed by atoms with van der Waals surface area (Å²) in [5.74, 6) is 3.87. The Morgan fingerprint density at radius 1 is 1.30 bits per heavy atom. The third kappa shape index (κ3) is 5.90. The minimum Gasteiger partial charge on any atom is -0.382 e. The summed E-state index contributed by atoms with van der Waals surface area (Å²) in [4.78, 5) is 30.8. The second-order valence-electron chi connectivity index (χ2n) is 5.25. The van der Waals surface area contributed by atoms with Gasteiger partial charge in [-0.05, 0) is 17.7 Å². The summed E-state index contributed by atoms with van der Waals surface area (Å²) in [6, 6.07) is 4.15. The van der Waals surface area contributed by atoms with Crippen molar-refractivity contribution in [2.45, 2.75) is 6.54 Å². The van der Waals surface area contributed by atoms with Crippen molar-refractivity contribution in [2.24, 2.45) is 5.84 Å². The highest BCUT2D eigenvalue weighted by Gasteiger charge is 2.10. The van der Waals surface area contributed by atoms with E-state index in [9.17, 15) is 14.0 Å². The van der Waals surface area contributed by atoms with Gasteiger partial charge in [-0.1, -0.05) is 6.07 Å². The number of carbonyl (C=O) groups is 2. The van der Waals surface area contributed by atoms with Gasteiger partial charge in [0.2, 0.25) is 5.91 Å². The molecule has 27 heavy (non-hydrogen) atoms. The molecule has 1 aromatic heterocycles. The topological polar surface area (TPSA) is 139 Å². The Bertz CT molecular complexity index is 862. The second kappa shape index (κ2) is 9.46. The Morgan fingerprint density at radius 3 is 2.74 bits per heavy atom. The molecule has 1 aromatic carbocycles. The Morgan fingerprint density at radius 2 is 2.04 bits per heavy atom. The van der Waals surface area contributed by atoms with Crippen LogP contribution in [-0.2, 0) is 11.3 Å². The van der Waals surface area contributed by atoms with Gasteiger partial charge in [-0.2, -0.15) is 0 Å². The van der Waals surface area contributed by atoms with Crippen molar-refractivity contribution >= 4 is 34.9 Å². The van der Waals surface area contributed by atoms with Gasteiger partial charge in [0, 0.05) is 24.8 Å². The van der Waals surface area contributed by atoms with E-state index < -0.39 is 17.6 Å². The van der Waals surface area contributed by atoms with Crippen molar-refractivity contribution in [3.8, 4) is 0 Å². The Labute approximate surface area is 159 Å². The molecule has 9 nitrogen and oxygen atoms in total. The molecule has 0 aliphatic heterocycles. The van der Waals surface area contributed by atoms with Crippen LogP contribution in [0, 0.1) is 5.82 Å². The summed E-state index contributed by atoms with van der Waals surface area (Å²) in [6.45, 7) is 0.184. The second-order valence-corrected chi connectivity index (χ2v) is 5.51. The summed E-state index contributed by atoms with van der Waals surface area (Å²) in [6.07, 6.45) is 5.41. The smallest absolute Gasteiger partial charge is 0.277 e. The van der Waals surface area contributed by atoms with Gasteiger partial charge in [0.15, 0.2) is 11.5 Å². The van der Waals surface area contributed by atoms with Crippen LogP contribution in [0.25, 0.3) is 0 Å². The lowest BCUT2D eigenvalue weighted by Crippen LogP contribution is -2.27. The van der Waals surface area contributed by atoms with E-state index in [0.29, 0.717) is 5.56 Å². The Hall–Kier alpha value is -3.24. The number of hydrogen-bond acceptors (Lipinski definition) is 7. The number of aromatic nitrogens is 2. The quantitative estimate of drug-likeness (QED) is 0.312. The molecule has 142 valence electrons. The van der Waals surface area contributed by atoms with E-state index in [-0.39, 0.29) is 29.6 Å². The predicted octanol–water partition coefficient (Wildman–Crippen LogP) is 0.952. The maximum Gasteiger partial charge on any atom is 0.277 e. The van der Waals surface area contributed by atoms with Crippen LogP contribution in [0.3, 0.4) is 0 Å². The van der Waals surface area contributed by atoms with Crippen LogP contribution in [0.5, 0.6) is 0 Å².